The van der Waals surface area contributed by atoms with Crippen LogP contribution in [0.4, 0.5) is 14.5 Å². The first kappa shape index (κ1) is 18.7. The van der Waals surface area contributed by atoms with E-state index in [4.69, 9.17) is 5.14 Å². The molecule has 0 aromatic heterocycles. The van der Waals surface area contributed by atoms with E-state index >= 15 is 0 Å². The number of nitrogens with two attached hydrogens (primary N) is 1. The molecule has 0 amide bonds. The molecule has 0 saturated heterocycles. The summed E-state index contributed by atoms with van der Waals surface area (Å²) >= 11 is 0. The number of benzene rings is 2. The highest BCUT2D eigenvalue weighted by molar-refractivity contribution is 7.91. The van der Waals surface area contributed by atoms with Crippen molar-refractivity contribution < 1.29 is 25.6 Å². The number of nitrogens with zero attached hydrogens (tertiary/aromatic N) is 1. The quantitative estimate of drug-likeness (QED) is 0.824. The van der Waals surface area contributed by atoms with Crippen LogP contribution in [-0.4, -0.2) is 29.1 Å². The molecule has 0 saturated carbocycles. The number of hydrogen-bond acceptors (Lipinski definition) is 5. The molecule has 0 aliphatic carbocycles. The average Bonchev–Trinajstić information content (AvgIpc) is 2.97. The van der Waals surface area contributed by atoms with Gasteiger partial charge in [-0.05, 0) is 47.9 Å². The summed E-state index contributed by atoms with van der Waals surface area (Å²) in [5.74, 6) is -3.45. The van der Waals surface area contributed by atoms with E-state index in [0.29, 0.717) is 19.5 Å². The Morgan fingerprint density at radius 3 is 2.19 bits per heavy atom. The van der Waals surface area contributed by atoms with Gasteiger partial charge >= 0.3 is 5.76 Å². The topological polar surface area (TPSA) is 97.5 Å². The molecule has 140 valence electrons. The second-order valence-corrected chi connectivity index (χ2v) is 9.44. The predicted molar refractivity (Wildman–Crippen MR) is 92.2 cm³/mol. The minimum absolute atomic E-state index is 0.0552. The summed E-state index contributed by atoms with van der Waals surface area (Å²) in [6, 6.07) is 9.97. The normalized spacial score (nSPS) is 14.7. The number of fused-ring (bicyclic) bond motifs is 1. The third-order valence-electron chi connectivity index (χ3n) is 4.23. The maximum Gasteiger partial charge on any atom is 0.341 e. The van der Waals surface area contributed by atoms with Crippen molar-refractivity contribution in [2.45, 2.75) is 28.5 Å². The van der Waals surface area contributed by atoms with Gasteiger partial charge in [-0.3, -0.25) is 0 Å². The number of primary sulfonamides is 1. The third kappa shape index (κ3) is 3.57. The van der Waals surface area contributed by atoms with Crippen molar-refractivity contribution in [3.63, 3.8) is 0 Å². The molecule has 10 heteroatoms. The van der Waals surface area contributed by atoms with Crippen LogP contribution in [0.3, 0.4) is 0 Å². The Bertz CT molecular complexity index is 1040. The Balaban J connectivity index is 1.80. The second kappa shape index (κ2) is 6.60. The molecule has 3 rings (SSSR count). The smallest absolute Gasteiger partial charge is 0.341 e. The number of sulfonamides is 1. The van der Waals surface area contributed by atoms with Gasteiger partial charge in [0.2, 0.25) is 19.9 Å². The van der Waals surface area contributed by atoms with Gasteiger partial charge in [0.15, 0.2) is 0 Å². The van der Waals surface area contributed by atoms with Gasteiger partial charge < -0.3 is 4.90 Å². The highest BCUT2D eigenvalue weighted by atomic mass is 32.2. The van der Waals surface area contributed by atoms with Crippen molar-refractivity contribution in [2.24, 2.45) is 5.14 Å². The fraction of sp³-hybridized carbons (Fsp3) is 0.250. The molecule has 2 aromatic carbocycles. The summed E-state index contributed by atoms with van der Waals surface area (Å²) in [6.07, 6.45) is 0.649. The Labute approximate surface area is 150 Å². The molecular formula is C16H16F2N2O4S2. The first-order chi connectivity index (χ1) is 12.1. The van der Waals surface area contributed by atoms with Crippen molar-refractivity contribution in [2.75, 3.05) is 11.4 Å². The first-order valence-electron chi connectivity index (χ1n) is 7.61. The number of anilines is 1. The molecule has 2 N–H and O–H groups in total. The van der Waals surface area contributed by atoms with Crippen LogP contribution in [0.15, 0.2) is 52.3 Å². The summed E-state index contributed by atoms with van der Waals surface area (Å²) in [6.45, 7) is 1.09. The van der Waals surface area contributed by atoms with Gasteiger partial charge in [0.05, 0.1) is 9.79 Å². The van der Waals surface area contributed by atoms with Gasteiger partial charge in [-0.2, -0.15) is 8.78 Å². The number of halogens is 2. The maximum atomic E-state index is 12.6. The van der Waals surface area contributed by atoms with E-state index in [0.717, 1.165) is 28.9 Å². The van der Waals surface area contributed by atoms with Gasteiger partial charge in [-0.1, -0.05) is 12.1 Å². The number of rotatable bonds is 5. The van der Waals surface area contributed by atoms with Crippen LogP contribution in [0.1, 0.15) is 11.1 Å². The van der Waals surface area contributed by atoms with Crippen molar-refractivity contribution >= 4 is 25.5 Å². The molecule has 0 bridgehead atoms. The monoisotopic (exact) mass is 402 g/mol. The Morgan fingerprint density at radius 1 is 1.00 bits per heavy atom. The van der Waals surface area contributed by atoms with Gasteiger partial charge in [-0.15, -0.1) is 0 Å². The fourth-order valence-electron chi connectivity index (χ4n) is 2.90. The summed E-state index contributed by atoms with van der Waals surface area (Å²) < 4.78 is 70.9. The molecule has 0 spiro atoms. The molecule has 0 atom stereocenters. The lowest BCUT2D eigenvalue weighted by Gasteiger charge is -2.20. The molecule has 0 unspecified atom stereocenters. The molecule has 26 heavy (non-hydrogen) atoms. The minimum Gasteiger partial charge on any atom is -0.367 e. The molecule has 6 nitrogen and oxygen atoms in total. The lowest BCUT2D eigenvalue weighted by atomic mass is 10.1. The second-order valence-electron chi connectivity index (χ2n) is 5.96. The van der Waals surface area contributed by atoms with Gasteiger partial charge in [0, 0.05) is 18.8 Å². The van der Waals surface area contributed by atoms with E-state index in [1.54, 1.807) is 12.1 Å². The summed E-state index contributed by atoms with van der Waals surface area (Å²) in [4.78, 5) is 1.63. The van der Waals surface area contributed by atoms with Gasteiger partial charge in [0.25, 0.3) is 0 Å². The largest absolute Gasteiger partial charge is 0.367 e. The van der Waals surface area contributed by atoms with E-state index < -0.39 is 30.5 Å². The highest BCUT2D eigenvalue weighted by Crippen LogP contribution is 2.31. The van der Waals surface area contributed by atoms with Crippen LogP contribution in [0.5, 0.6) is 0 Å². The summed E-state index contributed by atoms with van der Waals surface area (Å²) in [7, 11) is -8.37. The molecule has 1 aliphatic heterocycles. The number of sulfone groups is 1. The summed E-state index contributed by atoms with van der Waals surface area (Å²) in [5.41, 5.74) is 2.47. The number of alkyl halides is 2. The Kier molecular flexibility index (Phi) is 4.76. The van der Waals surface area contributed by atoms with Crippen LogP contribution in [0.25, 0.3) is 0 Å². The molecule has 0 fully saturated rings. The van der Waals surface area contributed by atoms with Crippen LogP contribution < -0.4 is 10.0 Å². The van der Waals surface area contributed by atoms with E-state index in [1.165, 1.54) is 18.2 Å². The number of hydrogen-bond donors (Lipinski definition) is 1. The van der Waals surface area contributed by atoms with Crippen molar-refractivity contribution in [3.8, 4) is 0 Å². The zero-order valence-corrected chi connectivity index (χ0v) is 15.1. The van der Waals surface area contributed by atoms with Crippen LogP contribution in [0, 0.1) is 0 Å². The Morgan fingerprint density at radius 2 is 1.62 bits per heavy atom. The minimum atomic E-state index is -4.60. The molecule has 2 aromatic rings. The Hall–Kier alpha value is -2.04. The maximum absolute atomic E-state index is 12.6. The van der Waals surface area contributed by atoms with Crippen LogP contribution in [0.2, 0.25) is 0 Å². The van der Waals surface area contributed by atoms with Crippen LogP contribution >= 0.6 is 0 Å². The van der Waals surface area contributed by atoms with E-state index in [1.807, 2.05) is 4.90 Å². The van der Waals surface area contributed by atoms with Crippen molar-refractivity contribution in [1.29, 1.82) is 0 Å². The van der Waals surface area contributed by atoms with Crippen molar-refractivity contribution in [3.05, 3.63) is 53.6 Å². The van der Waals surface area contributed by atoms with E-state index in [2.05, 4.69) is 0 Å². The lowest BCUT2D eigenvalue weighted by Crippen LogP contribution is -2.20. The molecule has 1 heterocycles. The zero-order chi connectivity index (χ0) is 19.1. The average molecular weight is 402 g/mol. The summed E-state index contributed by atoms with van der Waals surface area (Å²) in [5, 5.41) is 5.14. The zero-order valence-electron chi connectivity index (χ0n) is 13.5. The molecular weight excluding hydrogens is 386 g/mol. The first-order valence-corrected chi connectivity index (χ1v) is 10.7. The standard InChI is InChI=1S/C16H16F2N2O4S2/c17-16(18)25(21,22)13-3-1-11(2-4-13)10-20-8-7-12-9-14(26(19,23)24)5-6-15(12)20/h1-6,9,16H,7-8,10H2,(H2,19,23,24). The van der Waals surface area contributed by atoms with Crippen LogP contribution in [-0.2, 0) is 32.8 Å². The van der Waals surface area contributed by atoms with Gasteiger partial charge in [0.1, 0.15) is 0 Å². The van der Waals surface area contributed by atoms with E-state index in [9.17, 15) is 25.6 Å². The van der Waals surface area contributed by atoms with Gasteiger partial charge in [-0.25, -0.2) is 22.0 Å². The highest BCUT2D eigenvalue weighted by Gasteiger charge is 2.26. The molecule has 0 radical (unpaired) electrons. The molecule has 1 aliphatic rings. The lowest BCUT2D eigenvalue weighted by molar-refractivity contribution is 0.234. The van der Waals surface area contributed by atoms with Crippen molar-refractivity contribution in [1.82, 2.24) is 0 Å². The predicted octanol–water partition coefficient (Wildman–Crippen LogP) is 1.89. The third-order valence-corrected chi connectivity index (χ3v) is 6.54. The fourth-order valence-corrected chi connectivity index (χ4v) is 4.18. The SMILES string of the molecule is NS(=O)(=O)c1ccc2c(c1)CCN2Cc1ccc(S(=O)(=O)C(F)F)cc1. The van der Waals surface area contributed by atoms with E-state index in [-0.39, 0.29) is 4.90 Å².